The fourth-order valence-corrected chi connectivity index (χ4v) is 4.30. The van der Waals surface area contributed by atoms with Crippen LogP contribution in [0.2, 0.25) is 0 Å². The number of likely N-dealkylation sites (tertiary alicyclic amines) is 1. The molecular weight excluding hydrogens is 448 g/mol. The van der Waals surface area contributed by atoms with Gasteiger partial charge in [-0.2, -0.15) is 0 Å². The maximum atomic E-state index is 13.2. The van der Waals surface area contributed by atoms with Crippen LogP contribution in [-0.4, -0.2) is 73.6 Å². The van der Waals surface area contributed by atoms with Crippen LogP contribution < -0.4 is 14.2 Å². The molecule has 188 valence electrons. The van der Waals surface area contributed by atoms with Gasteiger partial charge >= 0.3 is 0 Å². The number of nitrogens with zero attached hydrogens (tertiary/aromatic N) is 2. The Morgan fingerprint density at radius 3 is 2.20 bits per heavy atom. The maximum Gasteiger partial charge on any atom is 0.295 e. The van der Waals surface area contributed by atoms with Gasteiger partial charge in [-0.25, -0.2) is 0 Å². The minimum absolute atomic E-state index is 0.0472. The second kappa shape index (κ2) is 11.8. The van der Waals surface area contributed by atoms with Gasteiger partial charge < -0.3 is 29.1 Å². The number of Topliss-reactive ketones (excluding diaryl/α,β-unsaturated/α-hetero) is 1. The highest BCUT2D eigenvalue weighted by Crippen LogP contribution is 2.42. The quantitative estimate of drug-likeness (QED) is 0.296. The number of hydrogen-bond donors (Lipinski definition) is 1. The van der Waals surface area contributed by atoms with Gasteiger partial charge in [-0.3, -0.25) is 9.59 Å². The number of carbonyl (C=O) groups excluding carboxylic acids is 2. The SMILES string of the molecule is CCOc1ccc(/C(O)=C2\C(=O)C(=O)N(CCN(CC)CC)[C@H]2c2ccc(OC)c(OC)c2)cc1. The molecule has 0 bridgehead atoms. The van der Waals surface area contributed by atoms with Crippen LogP contribution in [0.25, 0.3) is 5.76 Å². The Balaban J connectivity index is 2.12. The lowest BCUT2D eigenvalue weighted by atomic mass is 9.95. The number of ketones is 1. The number of likely N-dealkylation sites (N-methyl/N-ethyl adjacent to an activating group) is 1. The van der Waals surface area contributed by atoms with E-state index in [0.29, 0.717) is 48.1 Å². The van der Waals surface area contributed by atoms with E-state index in [1.54, 1.807) is 49.6 Å². The molecule has 1 atom stereocenters. The molecule has 8 nitrogen and oxygen atoms in total. The summed E-state index contributed by atoms with van der Waals surface area (Å²) < 4.78 is 16.3. The minimum Gasteiger partial charge on any atom is -0.507 e. The summed E-state index contributed by atoms with van der Waals surface area (Å²) in [4.78, 5) is 30.1. The van der Waals surface area contributed by atoms with Crippen molar-refractivity contribution in [3.05, 3.63) is 59.2 Å². The van der Waals surface area contributed by atoms with E-state index >= 15 is 0 Å². The third-order valence-electron chi connectivity index (χ3n) is 6.25. The van der Waals surface area contributed by atoms with Crippen molar-refractivity contribution in [2.24, 2.45) is 0 Å². The number of rotatable bonds is 11. The van der Waals surface area contributed by atoms with Crippen LogP contribution >= 0.6 is 0 Å². The summed E-state index contributed by atoms with van der Waals surface area (Å²) in [6, 6.07) is 11.3. The van der Waals surface area contributed by atoms with Crippen LogP contribution in [0.3, 0.4) is 0 Å². The molecule has 0 aromatic heterocycles. The van der Waals surface area contributed by atoms with Crippen LogP contribution in [0.1, 0.15) is 37.9 Å². The van der Waals surface area contributed by atoms with Gasteiger partial charge in [0.1, 0.15) is 11.5 Å². The van der Waals surface area contributed by atoms with E-state index in [2.05, 4.69) is 18.7 Å². The van der Waals surface area contributed by atoms with Crippen molar-refractivity contribution in [3.8, 4) is 17.2 Å². The molecule has 3 rings (SSSR count). The number of amides is 1. The van der Waals surface area contributed by atoms with E-state index in [-0.39, 0.29) is 11.3 Å². The smallest absolute Gasteiger partial charge is 0.295 e. The molecule has 35 heavy (non-hydrogen) atoms. The highest BCUT2D eigenvalue weighted by molar-refractivity contribution is 6.46. The molecule has 0 aliphatic carbocycles. The molecule has 0 unspecified atom stereocenters. The van der Waals surface area contributed by atoms with Crippen molar-refractivity contribution in [1.82, 2.24) is 9.80 Å². The first kappa shape index (κ1) is 26.1. The number of ether oxygens (including phenoxy) is 3. The van der Waals surface area contributed by atoms with E-state index in [1.807, 2.05) is 6.92 Å². The van der Waals surface area contributed by atoms with Crippen LogP contribution in [0.15, 0.2) is 48.0 Å². The Kier molecular flexibility index (Phi) is 8.76. The number of benzene rings is 2. The Morgan fingerprint density at radius 1 is 0.971 bits per heavy atom. The van der Waals surface area contributed by atoms with Crippen molar-refractivity contribution in [2.45, 2.75) is 26.8 Å². The maximum absolute atomic E-state index is 13.2. The molecule has 2 aromatic rings. The summed E-state index contributed by atoms with van der Waals surface area (Å²) in [5.74, 6) is 0.0834. The van der Waals surface area contributed by atoms with Gasteiger partial charge in [0.05, 0.1) is 32.4 Å². The van der Waals surface area contributed by atoms with Gasteiger partial charge in [0.2, 0.25) is 0 Å². The summed E-state index contributed by atoms with van der Waals surface area (Å²) in [7, 11) is 3.07. The van der Waals surface area contributed by atoms with Crippen LogP contribution in [0.4, 0.5) is 0 Å². The Labute approximate surface area is 206 Å². The average molecular weight is 483 g/mol. The summed E-state index contributed by atoms with van der Waals surface area (Å²) in [6.07, 6.45) is 0. The summed E-state index contributed by atoms with van der Waals surface area (Å²) in [6.45, 7) is 9.10. The summed E-state index contributed by atoms with van der Waals surface area (Å²) >= 11 is 0. The van der Waals surface area contributed by atoms with E-state index in [9.17, 15) is 14.7 Å². The zero-order valence-electron chi connectivity index (χ0n) is 21.0. The number of aliphatic hydroxyl groups is 1. The second-order valence-corrected chi connectivity index (χ2v) is 8.09. The molecule has 0 radical (unpaired) electrons. The van der Waals surface area contributed by atoms with Crippen molar-refractivity contribution in [1.29, 1.82) is 0 Å². The van der Waals surface area contributed by atoms with E-state index in [0.717, 1.165) is 13.1 Å². The molecule has 1 N–H and O–H groups in total. The Bertz CT molecular complexity index is 1080. The predicted molar refractivity (Wildman–Crippen MR) is 134 cm³/mol. The van der Waals surface area contributed by atoms with Gasteiger partial charge in [0.25, 0.3) is 11.7 Å². The summed E-state index contributed by atoms with van der Waals surface area (Å²) in [5, 5.41) is 11.2. The first-order valence-electron chi connectivity index (χ1n) is 11.9. The lowest BCUT2D eigenvalue weighted by Crippen LogP contribution is -2.38. The molecule has 8 heteroatoms. The Hall–Kier alpha value is -3.52. The molecule has 1 fully saturated rings. The van der Waals surface area contributed by atoms with Crippen molar-refractivity contribution in [2.75, 3.05) is 47.0 Å². The fraction of sp³-hybridized carbons (Fsp3) is 0.407. The topological polar surface area (TPSA) is 88.5 Å². The number of hydrogen-bond acceptors (Lipinski definition) is 7. The normalized spacial score (nSPS) is 17.2. The lowest BCUT2D eigenvalue weighted by molar-refractivity contribution is -0.140. The van der Waals surface area contributed by atoms with Gasteiger partial charge in [-0.05, 0) is 62.0 Å². The van der Waals surface area contributed by atoms with Crippen molar-refractivity contribution in [3.63, 3.8) is 0 Å². The van der Waals surface area contributed by atoms with Crippen molar-refractivity contribution < 1.29 is 28.9 Å². The van der Waals surface area contributed by atoms with E-state index < -0.39 is 17.7 Å². The fourth-order valence-electron chi connectivity index (χ4n) is 4.30. The van der Waals surface area contributed by atoms with Gasteiger partial charge in [0, 0.05) is 18.7 Å². The predicted octanol–water partition coefficient (Wildman–Crippen LogP) is 3.87. The highest BCUT2D eigenvalue weighted by Gasteiger charge is 2.46. The van der Waals surface area contributed by atoms with Crippen LogP contribution in [0, 0.1) is 0 Å². The molecular formula is C27H34N2O6. The molecule has 1 amide bonds. The molecule has 1 saturated heterocycles. The van der Waals surface area contributed by atoms with E-state index in [4.69, 9.17) is 14.2 Å². The van der Waals surface area contributed by atoms with Gasteiger partial charge in [-0.1, -0.05) is 19.9 Å². The standard InChI is InChI=1S/C27H34N2O6/c1-6-28(7-2)15-16-29-24(19-11-14-21(33-4)22(17-19)34-5)23(26(31)27(29)32)25(30)18-9-12-20(13-10-18)35-8-3/h9-14,17,24,30H,6-8,15-16H2,1-5H3/b25-23+/t24-/m0/s1. The summed E-state index contributed by atoms with van der Waals surface area (Å²) in [5.41, 5.74) is 1.13. The first-order chi connectivity index (χ1) is 16.9. The molecule has 0 saturated carbocycles. The lowest BCUT2D eigenvalue weighted by Gasteiger charge is -2.28. The van der Waals surface area contributed by atoms with Gasteiger partial charge in [0.15, 0.2) is 11.5 Å². The monoisotopic (exact) mass is 482 g/mol. The third-order valence-corrected chi connectivity index (χ3v) is 6.25. The molecule has 1 aliphatic rings. The molecule has 1 aliphatic heterocycles. The number of methoxy groups -OCH3 is 2. The Morgan fingerprint density at radius 2 is 1.63 bits per heavy atom. The highest BCUT2D eigenvalue weighted by atomic mass is 16.5. The minimum atomic E-state index is -0.767. The van der Waals surface area contributed by atoms with Crippen LogP contribution in [-0.2, 0) is 9.59 Å². The first-order valence-corrected chi connectivity index (χ1v) is 11.9. The molecule has 2 aromatic carbocycles. The van der Waals surface area contributed by atoms with Crippen molar-refractivity contribution >= 4 is 17.4 Å². The number of aliphatic hydroxyl groups excluding tert-OH is 1. The zero-order chi connectivity index (χ0) is 25.5. The molecule has 1 heterocycles. The molecule has 0 spiro atoms. The average Bonchev–Trinajstić information content (AvgIpc) is 3.14. The third kappa shape index (κ3) is 5.43. The number of carbonyl (C=O) groups is 2. The van der Waals surface area contributed by atoms with Gasteiger partial charge in [-0.15, -0.1) is 0 Å². The van der Waals surface area contributed by atoms with Crippen LogP contribution in [0.5, 0.6) is 17.2 Å². The van der Waals surface area contributed by atoms with E-state index in [1.165, 1.54) is 12.0 Å². The zero-order valence-corrected chi connectivity index (χ0v) is 21.0. The largest absolute Gasteiger partial charge is 0.507 e. The second-order valence-electron chi connectivity index (χ2n) is 8.09.